The average Bonchev–Trinajstić information content (AvgIpc) is 3.50. The standard InChI is InChI=1S/C40H52F3N7.Pt/c1-16-44-48(15)32-22-28(38(8,9)10)23-33(45-32)50(30-20-26(36(2,3)4)19-27(21-30)37(5,6)7)35-25-29(39(11,12)13)24-34(47(35)14)49-18-17-31(46-49)40(41,42)43;/h1,16-17,19-25H,2-15H3;/b44-16-;. The third-order valence-corrected chi connectivity index (χ3v) is 9.15. The molecule has 0 aliphatic carbocycles. The molecule has 0 unspecified atom stereocenters. The summed E-state index contributed by atoms with van der Waals surface area (Å²) in [4.78, 5) is 7.35. The summed E-state index contributed by atoms with van der Waals surface area (Å²) >= 11 is 2.12. The van der Waals surface area contributed by atoms with E-state index in [1.165, 1.54) is 4.68 Å². The van der Waals surface area contributed by atoms with Gasteiger partial charge >= 0.3 is 215 Å². The first-order chi connectivity index (χ1) is 23.2. The fourth-order valence-electron chi connectivity index (χ4n) is 5.41. The second kappa shape index (κ2) is 14.1. The van der Waals surface area contributed by atoms with E-state index in [1.54, 1.807) is 11.2 Å². The third-order valence-electron chi connectivity index (χ3n) is 8.81. The second-order valence-corrected chi connectivity index (χ2v) is 17.9. The molecule has 11 heteroatoms. The fraction of sp³-hybridized carbons (Fsp3) is 0.475. The Hall–Kier alpha value is -3.65. The van der Waals surface area contributed by atoms with Gasteiger partial charge in [-0.1, -0.05) is 68.4 Å². The summed E-state index contributed by atoms with van der Waals surface area (Å²) in [5.41, 5.74) is 3.54. The Labute approximate surface area is 312 Å². The van der Waals surface area contributed by atoms with E-state index >= 15 is 0 Å². The van der Waals surface area contributed by atoms with Crippen molar-refractivity contribution in [2.45, 2.75) is 111 Å². The molecule has 0 fully saturated rings. The van der Waals surface area contributed by atoms with Crippen LogP contribution >= 0.6 is 0 Å². The van der Waals surface area contributed by atoms with Crippen molar-refractivity contribution in [1.29, 1.82) is 0 Å². The van der Waals surface area contributed by atoms with E-state index in [-0.39, 0.29) is 21.7 Å². The molecular formula is C40H52F3N7Pt. The van der Waals surface area contributed by atoms with Gasteiger partial charge in [0.1, 0.15) is 0 Å². The zero-order valence-corrected chi connectivity index (χ0v) is 34.6. The van der Waals surface area contributed by atoms with Crippen LogP contribution in [-0.2, 0) is 48.1 Å². The number of aromatic nitrogens is 2. The van der Waals surface area contributed by atoms with Gasteiger partial charge in [0.05, 0.1) is 5.71 Å². The number of nitrogens with zero attached hydrogens (tertiary/aromatic N) is 7. The van der Waals surface area contributed by atoms with E-state index in [4.69, 9.17) is 4.98 Å². The SMILES string of the molecule is CN(/N=C\[CH]=[Pt])c1cc(C(C)(C)C)cc(N(c2cc(C(C)(C)C)cc(C(C)(C)C)c2)c2cc(C(C)(C)C)c/c(=[N+]3/[C-]=CC(C(F)(F)F)=N3)n2C)n1. The van der Waals surface area contributed by atoms with Gasteiger partial charge in [0.15, 0.2) is 0 Å². The molecule has 1 aliphatic rings. The van der Waals surface area contributed by atoms with Crippen molar-refractivity contribution in [2.75, 3.05) is 17.0 Å². The number of hydrazone groups is 2. The Morgan fingerprint density at radius 3 is 1.71 bits per heavy atom. The first-order valence-electron chi connectivity index (χ1n) is 17.0. The van der Waals surface area contributed by atoms with E-state index in [0.29, 0.717) is 22.9 Å². The normalized spacial score (nSPS) is 15.5. The van der Waals surface area contributed by atoms with Gasteiger partial charge in [-0.15, -0.1) is 0 Å². The summed E-state index contributed by atoms with van der Waals surface area (Å²) in [5, 5.41) is 10.3. The summed E-state index contributed by atoms with van der Waals surface area (Å²) in [6.07, 6.45) is 0.715. The van der Waals surface area contributed by atoms with Crippen LogP contribution in [0, 0.1) is 6.20 Å². The second-order valence-electron chi connectivity index (χ2n) is 17.2. The predicted octanol–water partition coefficient (Wildman–Crippen LogP) is 8.87. The summed E-state index contributed by atoms with van der Waals surface area (Å²) in [7, 11) is 3.70. The number of halogens is 3. The molecule has 2 aromatic heterocycles. The number of anilines is 4. The van der Waals surface area contributed by atoms with Gasteiger partial charge in [0, 0.05) is 6.20 Å². The number of rotatable bonds is 6. The molecule has 0 spiro atoms. The summed E-state index contributed by atoms with van der Waals surface area (Å²) in [5.74, 6) is 1.97. The van der Waals surface area contributed by atoms with Crippen molar-refractivity contribution in [3.05, 3.63) is 82.5 Å². The molecule has 0 atom stereocenters. The number of alkyl halides is 3. The Morgan fingerprint density at radius 2 is 1.24 bits per heavy atom. The topological polar surface area (TPSA) is 52.0 Å². The van der Waals surface area contributed by atoms with Gasteiger partial charge in [-0.05, 0) is 0 Å². The summed E-state index contributed by atoms with van der Waals surface area (Å²) in [6.45, 7) is 25.9. The monoisotopic (exact) mass is 882 g/mol. The van der Waals surface area contributed by atoms with Crippen molar-refractivity contribution in [3.63, 3.8) is 0 Å². The predicted molar refractivity (Wildman–Crippen MR) is 202 cm³/mol. The Morgan fingerprint density at radius 1 is 0.745 bits per heavy atom. The Bertz CT molecular complexity index is 1940. The molecule has 1 aliphatic heterocycles. The van der Waals surface area contributed by atoms with Crippen molar-refractivity contribution in [1.82, 2.24) is 14.2 Å². The molecule has 3 heterocycles. The van der Waals surface area contributed by atoms with Gasteiger partial charge in [-0.2, -0.15) is 18.3 Å². The number of benzene rings is 1. The van der Waals surface area contributed by atoms with Crippen LogP contribution < -0.4 is 20.1 Å². The van der Waals surface area contributed by atoms with Crippen molar-refractivity contribution in [3.8, 4) is 0 Å². The zero-order valence-electron chi connectivity index (χ0n) is 32.4. The molecular weight excluding hydrogens is 831 g/mol. The molecule has 0 saturated carbocycles. The van der Waals surface area contributed by atoms with Gasteiger partial charge in [-0.3, -0.25) is 0 Å². The molecule has 0 bridgehead atoms. The van der Waals surface area contributed by atoms with E-state index in [9.17, 15) is 13.2 Å². The number of hydrogen-bond donors (Lipinski definition) is 0. The maximum atomic E-state index is 13.8. The molecule has 7 nitrogen and oxygen atoms in total. The number of pyridine rings is 2. The van der Waals surface area contributed by atoms with Crippen LogP contribution in [0.1, 0.15) is 105 Å². The van der Waals surface area contributed by atoms with E-state index in [1.807, 2.05) is 35.2 Å². The third kappa shape index (κ3) is 9.24. The van der Waals surface area contributed by atoms with Crippen LogP contribution in [0.3, 0.4) is 0 Å². The van der Waals surface area contributed by atoms with Crippen LogP contribution in [0.15, 0.2) is 58.7 Å². The molecule has 3 aromatic rings. The minimum absolute atomic E-state index is 0.183. The van der Waals surface area contributed by atoms with Crippen LogP contribution in [0.25, 0.3) is 0 Å². The van der Waals surface area contributed by atoms with E-state index < -0.39 is 11.9 Å². The van der Waals surface area contributed by atoms with Gasteiger partial charge in [0.25, 0.3) is 0 Å². The van der Waals surface area contributed by atoms with E-state index in [0.717, 1.165) is 34.0 Å². The molecule has 4 rings (SSSR count). The maximum absolute atomic E-state index is 13.8. The molecule has 0 saturated heterocycles. The molecule has 1 aromatic carbocycles. The quantitative estimate of drug-likeness (QED) is 0.108. The molecule has 0 radical (unpaired) electrons. The van der Waals surface area contributed by atoms with Crippen LogP contribution in [0.5, 0.6) is 0 Å². The Balaban J connectivity index is 2.27. The average molecular weight is 883 g/mol. The molecule has 51 heavy (non-hydrogen) atoms. The van der Waals surface area contributed by atoms with Gasteiger partial charge < -0.3 is 0 Å². The van der Waals surface area contributed by atoms with Crippen molar-refractivity contribution in [2.24, 2.45) is 17.3 Å². The molecule has 0 amide bonds. The van der Waals surface area contributed by atoms with Gasteiger partial charge in [-0.25, -0.2) is 0 Å². The molecule has 0 N–H and O–H groups in total. The van der Waals surface area contributed by atoms with Crippen LogP contribution in [0.4, 0.5) is 36.3 Å². The van der Waals surface area contributed by atoms with Gasteiger partial charge in [0.2, 0.25) is 0 Å². The first-order valence-corrected chi connectivity index (χ1v) is 18.3. The number of allylic oxidation sites excluding steroid dienone is 1. The fourth-order valence-corrected chi connectivity index (χ4v) is 5.56. The summed E-state index contributed by atoms with van der Waals surface area (Å²) in [6, 6.07) is 14.8. The number of hydrogen-bond acceptors (Lipinski definition) is 5. The zero-order chi connectivity index (χ0) is 38.5. The molecule has 278 valence electrons. The van der Waals surface area contributed by atoms with Crippen molar-refractivity contribution < 1.29 is 32.5 Å². The summed E-state index contributed by atoms with van der Waals surface area (Å²) < 4.78 is 46.2. The minimum atomic E-state index is -4.61. The van der Waals surface area contributed by atoms with Crippen LogP contribution in [-0.4, -0.2) is 39.1 Å². The first kappa shape index (κ1) is 40.1. The van der Waals surface area contributed by atoms with Crippen LogP contribution in [0.2, 0.25) is 0 Å². The van der Waals surface area contributed by atoms with Crippen molar-refractivity contribution >= 4 is 39.5 Å². The Kier molecular flexibility index (Phi) is 11.1. The van der Waals surface area contributed by atoms with E-state index in [2.05, 4.69) is 154 Å².